The second-order valence-electron chi connectivity index (χ2n) is 7.56. The van der Waals surface area contributed by atoms with Crippen LogP contribution in [0.2, 0.25) is 0 Å². The van der Waals surface area contributed by atoms with Gasteiger partial charge >= 0.3 is 0 Å². The molecule has 0 aliphatic heterocycles. The number of hydrogen-bond acceptors (Lipinski definition) is 3. The lowest BCUT2D eigenvalue weighted by atomic mass is 10.2. The zero-order valence-electron chi connectivity index (χ0n) is 20.3. The Kier molecular flexibility index (Phi) is 59.9. The van der Waals surface area contributed by atoms with Gasteiger partial charge in [0.25, 0.3) is 0 Å². The Morgan fingerprint density at radius 1 is 0.903 bits per heavy atom. The summed E-state index contributed by atoms with van der Waals surface area (Å²) in [6.07, 6.45) is 10.4. The van der Waals surface area contributed by atoms with Crippen LogP contribution in [0.3, 0.4) is 0 Å². The lowest BCUT2D eigenvalue weighted by Crippen LogP contribution is -3.00. The summed E-state index contributed by atoms with van der Waals surface area (Å²) in [7, 11) is 0. The molecule has 8 heteroatoms. The monoisotopic (exact) mass is 700 g/mol. The van der Waals surface area contributed by atoms with Gasteiger partial charge in [-0.15, -0.1) is 34.0 Å². The summed E-state index contributed by atoms with van der Waals surface area (Å²) in [5, 5.41) is 1.03. The van der Waals surface area contributed by atoms with Gasteiger partial charge in [-0.2, -0.15) is 0 Å². The van der Waals surface area contributed by atoms with Crippen LogP contribution in [0, 0.1) is 11.8 Å². The van der Waals surface area contributed by atoms with E-state index in [1.54, 1.807) is 0 Å². The van der Waals surface area contributed by atoms with E-state index in [-0.39, 0.29) is 58.4 Å². The van der Waals surface area contributed by atoms with Gasteiger partial charge in [-0.05, 0) is 58.7 Å². The molecule has 0 amide bonds. The van der Waals surface area contributed by atoms with E-state index in [1.165, 1.54) is 11.1 Å². The normalized spacial score (nSPS) is 9.52. The molecule has 0 unspecified atom stereocenters. The second kappa shape index (κ2) is 37.9. The molecule has 0 aromatic heterocycles. The first kappa shape index (κ1) is 48.9. The van der Waals surface area contributed by atoms with Crippen molar-refractivity contribution in [3.63, 3.8) is 0 Å². The minimum Gasteiger partial charge on any atom is -1.00 e. The summed E-state index contributed by atoms with van der Waals surface area (Å²) in [6.45, 7) is 19.5. The molecule has 31 heavy (non-hydrogen) atoms. The molecule has 0 aliphatic rings. The highest BCUT2D eigenvalue weighted by Crippen LogP contribution is 1.94. The molecule has 0 saturated heterocycles. The van der Waals surface area contributed by atoms with Crippen LogP contribution in [0.4, 0.5) is 0 Å². The molecule has 0 aromatic carbocycles. The van der Waals surface area contributed by atoms with E-state index in [0.29, 0.717) is 11.8 Å². The first-order valence-electron chi connectivity index (χ1n) is 9.99. The number of nitrogens with zero attached hydrogens (tertiary/aromatic N) is 2. The zero-order chi connectivity index (χ0) is 21.7. The zero-order valence-corrected chi connectivity index (χ0v) is 26.9. The van der Waals surface area contributed by atoms with Crippen molar-refractivity contribution in [3.8, 4) is 0 Å². The van der Waals surface area contributed by atoms with Gasteiger partial charge < -0.3 is 28.4 Å². The van der Waals surface area contributed by atoms with E-state index >= 15 is 0 Å². The van der Waals surface area contributed by atoms with Gasteiger partial charge in [0.1, 0.15) is 12.8 Å². The summed E-state index contributed by atoms with van der Waals surface area (Å²) < 4.78 is 2.24. The Hall–Kier alpha value is 0.660. The molecule has 4 nitrogen and oxygen atoms in total. The third-order valence-electron chi connectivity index (χ3n) is 2.59. The van der Waals surface area contributed by atoms with Crippen molar-refractivity contribution in [1.29, 1.82) is 0 Å². The smallest absolute Gasteiger partial charge is 0.167 e. The molecule has 0 bridgehead atoms. The number of rotatable bonds is 9. The fourth-order valence-corrected chi connectivity index (χ4v) is 1.94. The van der Waals surface area contributed by atoms with Crippen LogP contribution in [-0.4, -0.2) is 42.0 Å². The fourth-order valence-electron chi connectivity index (χ4n) is 1.61. The molecule has 0 spiro atoms. The van der Waals surface area contributed by atoms with E-state index in [4.69, 9.17) is 11.5 Å². The van der Waals surface area contributed by atoms with E-state index in [1.807, 2.05) is 26.3 Å². The van der Waals surface area contributed by atoms with Crippen molar-refractivity contribution < 1.29 is 21.6 Å². The number of aliphatic imine (C=N–C) groups is 1. The highest BCUT2D eigenvalue weighted by Gasteiger charge is 2.01. The predicted molar refractivity (Wildman–Crippen MR) is 157 cm³/mol. The maximum atomic E-state index is 5.48. The lowest BCUT2D eigenvalue weighted by Gasteiger charge is -1.99. The molecule has 0 rings (SSSR count). The van der Waals surface area contributed by atoms with Crippen molar-refractivity contribution in [3.05, 3.63) is 23.5 Å². The van der Waals surface area contributed by atoms with Crippen LogP contribution in [-0.2, 0) is 0 Å². The standard InChI is InChI=1S/C11H23N2.C8H15N.C3H8BrN.CH4.3BrH/c1-10(2)8-13(7-5-6-12)9-11(3)4;1-7(2)5-9-6-8(3)4;4-2-1-3-5;;;;/h8-10H,5-7,12H2,1-4H3;5-7H,1-4H3;1-3,5H2;1H4;3*1H/q+1;;;;;;/p-1. The number of halogens is 4. The van der Waals surface area contributed by atoms with Crippen LogP contribution in [0.5, 0.6) is 0 Å². The van der Waals surface area contributed by atoms with Gasteiger partial charge in [-0.3, -0.25) is 4.99 Å². The Morgan fingerprint density at radius 2 is 1.39 bits per heavy atom. The quantitative estimate of drug-likeness (QED) is 0.215. The van der Waals surface area contributed by atoms with Crippen LogP contribution in [0.15, 0.2) is 28.5 Å². The van der Waals surface area contributed by atoms with Crippen LogP contribution in [0.25, 0.3) is 0 Å². The SMILES string of the molecule is Br.Br.C.CC(C)=CN=CC(C)C.CC(C)=C[N+](=CC(C)C)CCCN.NCCCBr.[Br-]. The molecule has 0 saturated carbocycles. The molecule has 192 valence electrons. The average molecular weight is 704 g/mol. The maximum absolute atomic E-state index is 5.48. The van der Waals surface area contributed by atoms with Crippen molar-refractivity contribution in [1.82, 2.24) is 0 Å². The minimum absolute atomic E-state index is 0. The van der Waals surface area contributed by atoms with E-state index in [2.05, 4.69) is 79.5 Å². The van der Waals surface area contributed by atoms with Crippen LogP contribution in [0.1, 0.15) is 75.7 Å². The summed E-state index contributed by atoms with van der Waals surface area (Å²) in [6, 6.07) is 0. The molecule has 0 aliphatic carbocycles. The van der Waals surface area contributed by atoms with Crippen LogP contribution >= 0.6 is 49.9 Å². The van der Waals surface area contributed by atoms with Crippen molar-refractivity contribution >= 4 is 62.3 Å². The molecule has 4 N–H and O–H groups in total. The maximum Gasteiger partial charge on any atom is 0.167 e. The summed E-state index contributed by atoms with van der Waals surface area (Å²) >= 11 is 3.23. The summed E-state index contributed by atoms with van der Waals surface area (Å²) in [5.41, 5.74) is 13.2. The van der Waals surface area contributed by atoms with Gasteiger partial charge in [0.05, 0.1) is 0 Å². The number of allylic oxidation sites excluding steroid dienone is 2. The minimum atomic E-state index is 0. The predicted octanol–water partition coefficient (Wildman–Crippen LogP) is 4.16. The van der Waals surface area contributed by atoms with Gasteiger partial charge in [0.2, 0.25) is 0 Å². The van der Waals surface area contributed by atoms with Gasteiger partial charge in [-0.1, -0.05) is 56.6 Å². The number of hydrogen-bond donors (Lipinski definition) is 2. The second-order valence-corrected chi connectivity index (χ2v) is 8.35. The third-order valence-corrected chi connectivity index (χ3v) is 3.15. The number of alkyl halides is 1. The van der Waals surface area contributed by atoms with E-state index in [9.17, 15) is 0 Å². The Morgan fingerprint density at radius 3 is 1.65 bits per heavy atom. The fraction of sp³-hybridized carbons (Fsp3) is 0.739. The molecule has 0 fully saturated rings. The Balaban J connectivity index is -0.0000000568. The largest absolute Gasteiger partial charge is 1.00 e. The van der Waals surface area contributed by atoms with Gasteiger partial charge in [0.15, 0.2) is 6.20 Å². The van der Waals surface area contributed by atoms with Crippen molar-refractivity contribution in [2.45, 2.75) is 75.7 Å². The number of nitrogens with two attached hydrogens (primary N) is 2. The highest BCUT2D eigenvalue weighted by molar-refractivity contribution is 9.09. The first-order valence-corrected chi connectivity index (χ1v) is 11.1. The molecule has 0 radical (unpaired) electrons. The van der Waals surface area contributed by atoms with Crippen LogP contribution < -0.4 is 28.4 Å². The first-order chi connectivity index (χ1) is 12.6. The Labute approximate surface area is 234 Å². The van der Waals surface area contributed by atoms with Gasteiger partial charge in [-0.25, -0.2) is 4.58 Å². The molecule has 0 aromatic rings. The van der Waals surface area contributed by atoms with E-state index < -0.39 is 0 Å². The molecular formula is C23H52Br4N4. The summed E-state index contributed by atoms with van der Waals surface area (Å²) in [5.74, 6) is 1.15. The van der Waals surface area contributed by atoms with E-state index in [0.717, 1.165) is 37.8 Å². The summed E-state index contributed by atoms with van der Waals surface area (Å²) in [4.78, 5) is 4.08. The average Bonchev–Trinajstić information content (AvgIpc) is 2.53. The third kappa shape index (κ3) is 59.0. The Bertz CT molecular complexity index is 437. The highest BCUT2D eigenvalue weighted by atomic mass is 79.9. The lowest BCUT2D eigenvalue weighted by molar-refractivity contribution is -0.455. The topological polar surface area (TPSA) is 67.4 Å². The molecular weight excluding hydrogens is 652 g/mol. The van der Waals surface area contributed by atoms with Gasteiger partial charge in [0, 0.05) is 30.1 Å². The molecule has 0 atom stereocenters. The van der Waals surface area contributed by atoms with Crippen molar-refractivity contribution in [2.24, 2.45) is 28.3 Å². The molecule has 0 heterocycles. The van der Waals surface area contributed by atoms with Crippen molar-refractivity contribution in [2.75, 3.05) is 25.0 Å².